The Bertz CT molecular complexity index is 604. The van der Waals surface area contributed by atoms with Crippen LogP contribution < -0.4 is 10.6 Å². The average Bonchev–Trinajstić information content (AvgIpc) is 2.52. The third-order valence-electron chi connectivity index (χ3n) is 2.73. The monoisotopic (exact) mass is 286 g/mol. The predicted octanol–water partition coefficient (Wildman–Crippen LogP) is 1.10. The smallest absolute Gasteiger partial charge is 0.330 e. The van der Waals surface area contributed by atoms with Crippen LogP contribution in [0.25, 0.3) is 0 Å². The Labute approximate surface area is 121 Å². The van der Waals surface area contributed by atoms with Crippen LogP contribution >= 0.6 is 0 Å². The van der Waals surface area contributed by atoms with Gasteiger partial charge in [0.1, 0.15) is 6.33 Å². The molecule has 3 N–H and O–H groups in total. The van der Waals surface area contributed by atoms with Gasteiger partial charge in [0.05, 0.1) is 12.2 Å². The molecule has 0 fully saturated rings. The van der Waals surface area contributed by atoms with Gasteiger partial charge in [0, 0.05) is 6.20 Å². The van der Waals surface area contributed by atoms with Gasteiger partial charge in [-0.05, 0) is 11.6 Å². The number of benzene rings is 1. The molecule has 0 saturated carbocycles. The highest BCUT2D eigenvalue weighted by Gasteiger charge is 2.21. The predicted molar refractivity (Wildman–Crippen MR) is 74.2 cm³/mol. The van der Waals surface area contributed by atoms with Crippen LogP contribution in [0.4, 0.5) is 4.79 Å². The number of carboxylic acids is 1. The number of hydrogen-bond donors (Lipinski definition) is 3. The Morgan fingerprint density at radius 1 is 1.19 bits per heavy atom. The molecule has 0 aliphatic heterocycles. The Hall–Kier alpha value is -2.96. The molecule has 2 amide bonds. The van der Waals surface area contributed by atoms with Crippen molar-refractivity contribution >= 4 is 12.0 Å². The van der Waals surface area contributed by atoms with Gasteiger partial charge in [-0.15, -0.1) is 0 Å². The summed E-state index contributed by atoms with van der Waals surface area (Å²) in [4.78, 5) is 30.7. The summed E-state index contributed by atoms with van der Waals surface area (Å²) in [5, 5.41) is 14.2. The molecule has 1 atom stereocenters. The molecule has 7 heteroatoms. The summed E-state index contributed by atoms with van der Waals surface area (Å²) in [6, 6.07) is 8.47. The van der Waals surface area contributed by atoms with Gasteiger partial charge in [0.15, 0.2) is 6.04 Å². The van der Waals surface area contributed by atoms with E-state index in [2.05, 4.69) is 20.6 Å². The van der Waals surface area contributed by atoms with Crippen molar-refractivity contribution in [2.75, 3.05) is 0 Å². The molecule has 21 heavy (non-hydrogen) atoms. The number of nitrogens with one attached hydrogen (secondary N) is 2. The SMILES string of the molecule is O=C(NCc1ccncn1)N[C@H](C(=O)O)c1ccccc1. The molecule has 1 aromatic carbocycles. The van der Waals surface area contributed by atoms with E-state index in [0.717, 1.165) is 0 Å². The number of amides is 2. The molecule has 0 unspecified atom stereocenters. The standard InChI is InChI=1S/C14H14N4O3/c19-13(20)12(10-4-2-1-3-5-10)18-14(21)16-8-11-6-7-15-9-17-11/h1-7,9,12H,8H2,(H,19,20)(H2,16,18,21)/t12-/m0/s1. The fourth-order valence-corrected chi connectivity index (χ4v) is 1.71. The zero-order chi connectivity index (χ0) is 15.1. The van der Waals surface area contributed by atoms with Crippen LogP contribution in [-0.4, -0.2) is 27.1 Å². The Morgan fingerprint density at radius 2 is 1.95 bits per heavy atom. The van der Waals surface area contributed by atoms with E-state index in [4.69, 9.17) is 0 Å². The third-order valence-corrected chi connectivity index (χ3v) is 2.73. The number of rotatable bonds is 5. The van der Waals surface area contributed by atoms with Crippen molar-refractivity contribution in [3.8, 4) is 0 Å². The van der Waals surface area contributed by atoms with Crippen molar-refractivity contribution in [2.24, 2.45) is 0 Å². The van der Waals surface area contributed by atoms with E-state index in [-0.39, 0.29) is 6.54 Å². The lowest BCUT2D eigenvalue weighted by atomic mass is 10.1. The lowest BCUT2D eigenvalue weighted by Gasteiger charge is -2.15. The van der Waals surface area contributed by atoms with Gasteiger partial charge in [0.25, 0.3) is 0 Å². The van der Waals surface area contributed by atoms with Gasteiger partial charge in [-0.3, -0.25) is 0 Å². The molecule has 1 heterocycles. The zero-order valence-corrected chi connectivity index (χ0v) is 11.1. The maximum Gasteiger partial charge on any atom is 0.330 e. The number of urea groups is 1. The molecule has 7 nitrogen and oxygen atoms in total. The van der Waals surface area contributed by atoms with Crippen LogP contribution in [0.1, 0.15) is 17.3 Å². The summed E-state index contributed by atoms with van der Waals surface area (Å²) in [6.45, 7) is 0.190. The van der Waals surface area contributed by atoms with Crippen LogP contribution in [0.15, 0.2) is 48.9 Å². The lowest BCUT2D eigenvalue weighted by Crippen LogP contribution is -2.40. The van der Waals surface area contributed by atoms with E-state index in [0.29, 0.717) is 11.3 Å². The Balaban J connectivity index is 1.95. The quantitative estimate of drug-likeness (QED) is 0.763. The summed E-state index contributed by atoms with van der Waals surface area (Å²) >= 11 is 0. The fourth-order valence-electron chi connectivity index (χ4n) is 1.71. The molecule has 0 aliphatic rings. The minimum Gasteiger partial charge on any atom is -0.479 e. The number of nitrogens with zero attached hydrogens (tertiary/aromatic N) is 2. The van der Waals surface area contributed by atoms with Crippen LogP contribution in [-0.2, 0) is 11.3 Å². The molecule has 0 bridgehead atoms. The molecule has 0 radical (unpaired) electrons. The van der Waals surface area contributed by atoms with Gasteiger partial charge in [-0.25, -0.2) is 19.6 Å². The van der Waals surface area contributed by atoms with E-state index in [1.165, 1.54) is 6.33 Å². The van der Waals surface area contributed by atoms with E-state index in [1.807, 2.05) is 0 Å². The maximum absolute atomic E-state index is 11.8. The molecule has 2 aromatic rings. The largest absolute Gasteiger partial charge is 0.479 e. The zero-order valence-electron chi connectivity index (χ0n) is 11.1. The summed E-state index contributed by atoms with van der Waals surface area (Å²) in [5.41, 5.74) is 1.13. The summed E-state index contributed by atoms with van der Waals surface area (Å²) < 4.78 is 0. The molecular formula is C14H14N4O3. The minimum absolute atomic E-state index is 0.190. The minimum atomic E-state index is -1.13. The fraction of sp³-hybridized carbons (Fsp3) is 0.143. The summed E-state index contributed by atoms with van der Waals surface area (Å²) in [7, 11) is 0. The second-order valence-electron chi connectivity index (χ2n) is 4.21. The number of carbonyl (C=O) groups is 2. The average molecular weight is 286 g/mol. The lowest BCUT2D eigenvalue weighted by molar-refractivity contribution is -0.139. The van der Waals surface area contributed by atoms with Gasteiger partial charge < -0.3 is 15.7 Å². The molecule has 0 aliphatic carbocycles. The molecule has 1 aromatic heterocycles. The third kappa shape index (κ3) is 4.27. The van der Waals surface area contributed by atoms with Gasteiger partial charge >= 0.3 is 12.0 Å². The second-order valence-corrected chi connectivity index (χ2v) is 4.21. The van der Waals surface area contributed by atoms with Crippen molar-refractivity contribution in [1.29, 1.82) is 0 Å². The molecule has 2 rings (SSSR count). The van der Waals surface area contributed by atoms with Crippen molar-refractivity contribution in [3.63, 3.8) is 0 Å². The van der Waals surface area contributed by atoms with Crippen molar-refractivity contribution in [2.45, 2.75) is 12.6 Å². The number of hydrogen-bond acceptors (Lipinski definition) is 4. The number of aromatic nitrogens is 2. The van der Waals surface area contributed by atoms with Gasteiger partial charge in [-0.2, -0.15) is 0 Å². The number of carboxylic acid groups (broad SMARTS) is 1. The van der Waals surface area contributed by atoms with Crippen molar-refractivity contribution in [1.82, 2.24) is 20.6 Å². The highest BCUT2D eigenvalue weighted by Crippen LogP contribution is 2.12. The summed E-state index contributed by atoms with van der Waals surface area (Å²) in [6.07, 6.45) is 2.94. The van der Waals surface area contributed by atoms with Crippen LogP contribution in [0.2, 0.25) is 0 Å². The van der Waals surface area contributed by atoms with Crippen molar-refractivity contribution in [3.05, 3.63) is 60.2 Å². The molecule has 0 spiro atoms. The van der Waals surface area contributed by atoms with E-state index in [1.54, 1.807) is 42.6 Å². The molecular weight excluding hydrogens is 272 g/mol. The second kappa shape index (κ2) is 6.99. The highest BCUT2D eigenvalue weighted by atomic mass is 16.4. The van der Waals surface area contributed by atoms with Crippen molar-refractivity contribution < 1.29 is 14.7 Å². The van der Waals surface area contributed by atoms with Gasteiger partial charge in [0.2, 0.25) is 0 Å². The molecule has 108 valence electrons. The normalized spacial score (nSPS) is 11.4. The first kappa shape index (κ1) is 14.4. The number of aliphatic carboxylic acids is 1. The topological polar surface area (TPSA) is 104 Å². The van der Waals surface area contributed by atoms with E-state index >= 15 is 0 Å². The first-order chi connectivity index (χ1) is 10.2. The van der Waals surface area contributed by atoms with Gasteiger partial charge in [-0.1, -0.05) is 30.3 Å². The van der Waals surface area contributed by atoms with E-state index in [9.17, 15) is 14.7 Å². The highest BCUT2D eigenvalue weighted by molar-refractivity contribution is 5.83. The maximum atomic E-state index is 11.8. The molecule has 0 saturated heterocycles. The Morgan fingerprint density at radius 3 is 2.57 bits per heavy atom. The van der Waals surface area contributed by atoms with Crippen LogP contribution in [0, 0.1) is 0 Å². The van der Waals surface area contributed by atoms with Crippen LogP contribution in [0.5, 0.6) is 0 Å². The summed E-state index contributed by atoms with van der Waals surface area (Å²) in [5.74, 6) is -1.13. The first-order valence-corrected chi connectivity index (χ1v) is 6.24. The van der Waals surface area contributed by atoms with E-state index < -0.39 is 18.0 Å². The number of carbonyl (C=O) groups excluding carboxylic acids is 1. The van der Waals surface area contributed by atoms with Crippen LogP contribution in [0.3, 0.4) is 0 Å². The Kier molecular flexibility index (Phi) is 4.81. The first-order valence-electron chi connectivity index (χ1n) is 6.24.